The molecule has 0 aliphatic carbocycles. The summed E-state index contributed by atoms with van der Waals surface area (Å²) in [6, 6.07) is 14.2. The Morgan fingerprint density at radius 1 is 1.20 bits per heavy atom. The largest absolute Gasteiger partial charge is 0.491 e. The molecule has 2 aromatic carbocycles. The minimum absolute atomic E-state index is 0.106. The lowest BCUT2D eigenvalue weighted by atomic mass is 10.1. The van der Waals surface area contributed by atoms with Crippen LogP contribution in [0.4, 0.5) is 4.79 Å². The van der Waals surface area contributed by atoms with Crippen LogP contribution in [-0.4, -0.2) is 28.1 Å². The van der Waals surface area contributed by atoms with Gasteiger partial charge in [-0.2, -0.15) is 0 Å². The number of imide groups is 1. The van der Waals surface area contributed by atoms with Gasteiger partial charge in [0.05, 0.1) is 5.25 Å². The van der Waals surface area contributed by atoms with Crippen LogP contribution in [0.2, 0.25) is 5.02 Å². The summed E-state index contributed by atoms with van der Waals surface area (Å²) in [5, 5.41) is 12.3. The van der Waals surface area contributed by atoms with Gasteiger partial charge in [-0.3, -0.25) is 14.9 Å². The number of nitrogens with one attached hydrogen (secondary N) is 1. The maximum absolute atomic E-state index is 11.6. The van der Waals surface area contributed by atoms with E-state index in [4.69, 9.17) is 16.3 Å². The van der Waals surface area contributed by atoms with E-state index in [0.717, 1.165) is 17.3 Å². The first-order valence-corrected chi connectivity index (χ1v) is 8.94. The standard InChI is InChI=1S/C18H16ClNO4S/c19-13-3-1-2-12(9-13)15(21)10-24-14-6-4-11(5-7-14)8-16-17(22)20-18(23)25-16/h1-7,9,15-16,21H,8,10H2,(H,20,22,23)/t15-,16?/m0/s1. The average molecular weight is 378 g/mol. The van der Waals surface area contributed by atoms with Crippen LogP contribution >= 0.6 is 23.4 Å². The molecule has 1 aliphatic heterocycles. The maximum Gasteiger partial charge on any atom is 0.286 e. The molecule has 0 aromatic heterocycles. The van der Waals surface area contributed by atoms with Gasteiger partial charge in [-0.15, -0.1) is 0 Å². The first-order valence-electron chi connectivity index (χ1n) is 7.68. The van der Waals surface area contributed by atoms with Crippen LogP contribution in [0.3, 0.4) is 0 Å². The zero-order chi connectivity index (χ0) is 17.8. The number of hydrogen-bond donors (Lipinski definition) is 2. The average Bonchev–Trinajstić information content (AvgIpc) is 2.91. The van der Waals surface area contributed by atoms with Crippen LogP contribution < -0.4 is 10.1 Å². The van der Waals surface area contributed by atoms with Gasteiger partial charge in [0, 0.05) is 5.02 Å². The molecule has 0 radical (unpaired) electrons. The Bertz CT molecular complexity index is 781. The summed E-state index contributed by atoms with van der Waals surface area (Å²) < 4.78 is 5.59. The number of aliphatic hydroxyl groups excluding tert-OH is 1. The highest BCUT2D eigenvalue weighted by Gasteiger charge is 2.31. The molecule has 5 nitrogen and oxygen atoms in total. The molecule has 25 heavy (non-hydrogen) atoms. The maximum atomic E-state index is 11.6. The van der Waals surface area contributed by atoms with Crippen molar-refractivity contribution in [2.75, 3.05) is 6.61 Å². The quantitative estimate of drug-likeness (QED) is 0.807. The number of carbonyl (C=O) groups excluding carboxylic acids is 2. The van der Waals surface area contributed by atoms with Crippen molar-refractivity contribution >= 4 is 34.5 Å². The highest BCUT2D eigenvalue weighted by Crippen LogP contribution is 2.24. The number of amides is 2. The predicted octanol–water partition coefficient (Wildman–Crippen LogP) is 3.35. The summed E-state index contributed by atoms with van der Waals surface area (Å²) in [5.74, 6) is 0.365. The van der Waals surface area contributed by atoms with E-state index in [0.29, 0.717) is 22.8 Å². The van der Waals surface area contributed by atoms with Crippen LogP contribution in [-0.2, 0) is 11.2 Å². The number of halogens is 1. The number of benzene rings is 2. The molecule has 2 amide bonds. The fourth-order valence-corrected chi connectivity index (χ4v) is 3.51. The van der Waals surface area contributed by atoms with Gasteiger partial charge in [0.1, 0.15) is 18.5 Å². The molecule has 2 aromatic rings. The molecule has 2 N–H and O–H groups in total. The van der Waals surface area contributed by atoms with Crippen molar-refractivity contribution in [3.05, 3.63) is 64.7 Å². The van der Waals surface area contributed by atoms with E-state index in [1.807, 2.05) is 12.1 Å². The third kappa shape index (κ3) is 4.75. The molecule has 1 aliphatic rings. The summed E-state index contributed by atoms with van der Waals surface area (Å²) in [4.78, 5) is 22.8. The molecule has 0 spiro atoms. The Hall–Kier alpha value is -2.02. The molecular formula is C18H16ClNO4S. The predicted molar refractivity (Wildman–Crippen MR) is 97.0 cm³/mol. The zero-order valence-electron chi connectivity index (χ0n) is 13.1. The van der Waals surface area contributed by atoms with Crippen LogP contribution in [0.5, 0.6) is 5.75 Å². The number of hydrogen-bond acceptors (Lipinski definition) is 5. The number of ether oxygens (including phenoxy) is 1. The van der Waals surface area contributed by atoms with E-state index < -0.39 is 6.10 Å². The second-order valence-electron chi connectivity index (χ2n) is 5.61. The lowest BCUT2D eigenvalue weighted by molar-refractivity contribution is -0.118. The normalized spacial score (nSPS) is 18.1. The molecule has 1 unspecified atom stereocenters. The highest BCUT2D eigenvalue weighted by atomic mass is 35.5. The smallest absolute Gasteiger partial charge is 0.286 e. The number of thioether (sulfide) groups is 1. The van der Waals surface area contributed by atoms with Crippen molar-refractivity contribution in [3.8, 4) is 5.75 Å². The SMILES string of the molecule is O=C1NC(=O)C(Cc2ccc(OC[C@H](O)c3cccc(Cl)c3)cc2)S1. The van der Waals surface area contributed by atoms with E-state index >= 15 is 0 Å². The Morgan fingerprint density at radius 2 is 1.96 bits per heavy atom. The fourth-order valence-electron chi connectivity index (χ4n) is 2.45. The molecule has 1 saturated heterocycles. The lowest BCUT2D eigenvalue weighted by Gasteiger charge is -2.13. The minimum atomic E-state index is -0.775. The number of rotatable bonds is 6. The molecule has 130 valence electrons. The fraction of sp³-hybridized carbons (Fsp3) is 0.222. The Balaban J connectivity index is 1.54. The summed E-state index contributed by atoms with van der Waals surface area (Å²) in [5.41, 5.74) is 1.63. The van der Waals surface area contributed by atoms with Gasteiger partial charge in [-0.1, -0.05) is 47.6 Å². The summed E-state index contributed by atoms with van der Waals surface area (Å²) in [7, 11) is 0. The number of carbonyl (C=O) groups is 2. The second kappa shape index (κ2) is 7.91. The third-order valence-corrected chi connectivity index (χ3v) is 4.97. The van der Waals surface area contributed by atoms with Gasteiger partial charge < -0.3 is 9.84 Å². The molecule has 7 heteroatoms. The van der Waals surface area contributed by atoms with Crippen LogP contribution in [0, 0.1) is 0 Å². The molecule has 1 fully saturated rings. The molecular weight excluding hydrogens is 362 g/mol. The van der Waals surface area contributed by atoms with Gasteiger partial charge in [0.25, 0.3) is 5.24 Å². The zero-order valence-corrected chi connectivity index (χ0v) is 14.7. The minimum Gasteiger partial charge on any atom is -0.491 e. The van der Waals surface area contributed by atoms with E-state index in [-0.39, 0.29) is 23.0 Å². The molecule has 0 bridgehead atoms. The van der Waals surface area contributed by atoms with E-state index in [1.54, 1.807) is 36.4 Å². The first-order chi connectivity index (χ1) is 12.0. The second-order valence-corrected chi connectivity index (χ2v) is 7.23. The monoisotopic (exact) mass is 377 g/mol. The highest BCUT2D eigenvalue weighted by molar-refractivity contribution is 8.15. The van der Waals surface area contributed by atoms with Gasteiger partial charge in [0.15, 0.2) is 0 Å². The van der Waals surface area contributed by atoms with Crippen molar-refractivity contribution < 1.29 is 19.4 Å². The summed E-state index contributed by atoms with van der Waals surface area (Å²) in [6.07, 6.45) is -0.295. The Labute approximate surface area is 154 Å². The van der Waals surface area contributed by atoms with Crippen molar-refractivity contribution in [2.45, 2.75) is 17.8 Å². The summed E-state index contributed by atoms with van der Waals surface area (Å²) in [6.45, 7) is 0.106. The van der Waals surface area contributed by atoms with Gasteiger partial charge >= 0.3 is 0 Å². The third-order valence-electron chi connectivity index (χ3n) is 3.75. The number of aliphatic hydroxyl groups is 1. The van der Waals surface area contributed by atoms with Gasteiger partial charge in [-0.05, 0) is 41.8 Å². The van der Waals surface area contributed by atoms with Gasteiger partial charge in [0.2, 0.25) is 5.91 Å². The van der Waals surface area contributed by atoms with Crippen LogP contribution in [0.15, 0.2) is 48.5 Å². The summed E-state index contributed by atoms with van der Waals surface area (Å²) >= 11 is 6.92. The van der Waals surface area contributed by atoms with E-state index in [9.17, 15) is 14.7 Å². The molecule has 1 heterocycles. The Morgan fingerprint density at radius 3 is 2.60 bits per heavy atom. The van der Waals surface area contributed by atoms with E-state index in [1.165, 1.54) is 0 Å². The molecule has 3 rings (SSSR count). The molecule has 2 atom stereocenters. The van der Waals surface area contributed by atoms with Crippen molar-refractivity contribution in [1.29, 1.82) is 0 Å². The van der Waals surface area contributed by atoms with Crippen LogP contribution in [0.25, 0.3) is 0 Å². The van der Waals surface area contributed by atoms with Gasteiger partial charge in [-0.25, -0.2) is 0 Å². The first kappa shape index (κ1) is 17.8. The van der Waals surface area contributed by atoms with Crippen LogP contribution in [0.1, 0.15) is 17.2 Å². The lowest BCUT2D eigenvalue weighted by Crippen LogP contribution is -2.25. The Kier molecular flexibility index (Phi) is 5.63. The molecule has 0 saturated carbocycles. The van der Waals surface area contributed by atoms with Crippen molar-refractivity contribution in [1.82, 2.24) is 5.32 Å². The van der Waals surface area contributed by atoms with Crippen molar-refractivity contribution in [3.63, 3.8) is 0 Å². The van der Waals surface area contributed by atoms with Crippen molar-refractivity contribution in [2.24, 2.45) is 0 Å². The topological polar surface area (TPSA) is 75.6 Å². The van der Waals surface area contributed by atoms with E-state index in [2.05, 4.69) is 5.32 Å².